The number of halogens is 3. The van der Waals surface area contributed by atoms with Crippen LogP contribution in [0.3, 0.4) is 0 Å². The molecular weight excluding hydrogens is 241 g/mol. The van der Waals surface area contributed by atoms with Crippen molar-refractivity contribution in [1.29, 1.82) is 0 Å². The third-order valence-electron chi connectivity index (χ3n) is 2.57. The average Bonchev–Trinajstić information content (AvgIpc) is 2.57. The van der Waals surface area contributed by atoms with Gasteiger partial charge in [0, 0.05) is 6.20 Å². The van der Waals surface area contributed by atoms with E-state index in [0.717, 1.165) is 0 Å². The molecule has 1 saturated carbocycles. The minimum absolute atomic E-state index is 0.120. The zero-order valence-corrected chi connectivity index (χ0v) is 8.52. The Morgan fingerprint density at radius 3 is 2.65 bits per heavy atom. The molecule has 1 aromatic rings. The summed E-state index contributed by atoms with van der Waals surface area (Å²) in [6.07, 6.45) is -3.68. The van der Waals surface area contributed by atoms with Crippen molar-refractivity contribution in [2.45, 2.75) is 31.3 Å². The fraction of sp³-hybridized carbons (Fsp3) is 0.556. The van der Waals surface area contributed by atoms with E-state index < -0.39 is 18.4 Å². The summed E-state index contributed by atoms with van der Waals surface area (Å²) < 4.78 is 40.7. The van der Waals surface area contributed by atoms with Gasteiger partial charge in [-0.2, -0.15) is 5.10 Å². The van der Waals surface area contributed by atoms with Gasteiger partial charge in [-0.1, -0.05) is 0 Å². The molecule has 0 saturated heterocycles. The summed E-state index contributed by atoms with van der Waals surface area (Å²) in [5.74, 6) is -1.16. The van der Waals surface area contributed by atoms with Gasteiger partial charge in [0.15, 0.2) is 5.69 Å². The van der Waals surface area contributed by atoms with Crippen molar-refractivity contribution >= 4 is 5.97 Å². The summed E-state index contributed by atoms with van der Waals surface area (Å²) in [6, 6.07) is 1.08. The van der Waals surface area contributed by atoms with Crippen molar-refractivity contribution < 1.29 is 27.8 Å². The number of aromatic nitrogens is 2. The van der Waals surface area contributed by atoms with Crippen LogP contribution >= 0.6 is 0 Å². The molecule has 1 aromatic heterocycles. The molecule has 0 radical (unpaired) electrons. The van der Waals surface area contributed by atoms with Crippen LogP contribution in [0.1, 0.15) is 29.4 Å². The molecule has 1 aliphatic carbocycles. The maximum absolute atomic E-state index is 11.8. The Labute approximate surface area is 93.8 Å². The molecule has 8 heteroatoms. The number of nitrogens with zero attached hydrogens (tertiary/aromatic N) is 2. The van der Waals surface area contributed by atoms with E-state index in [4.69, 9.17) is 5.11 Å². The molecule has 0 spiro atoms. The van der Waals surface area contributed by atoms with E-state index in [2.05, 4.69) is 9.84 Å². The number of aromatic carboxylic acids is 1. The molecule has 0 bridgehead atoms. The van der Waals surface area contributed by atoms with Crippen LogP contribution in [0.5, 0.6) is 0 Å². The highest BCUT2D eigenvalue weighted by molar-refractivity contribution is 5.85. The fourth-order valence-electron chi connectivity index (χ4n) is 1.69. The van der Waals surface area contributed by atoms with Crippen molar-refractivity contribution in [3.8, 4) is 0 Å². The highest BCUT2D eigenvalue weighted by atomic mass is 19.4. The maximum Gasteiger partial charge on any atom is 0.522 e. The molecule has 0 aliphatic heterocycles. The number of hydrogen-bond acceptors (Lipinski definition) is 3. The number of rotatable bonds is 3. The van der Waals surface area contributed by atoms with Crippen LogP contribution in [0.15, 0.2) is 12.3 Å². The van der Waals surface area contributed by atoms with E-state index in [1.54, 1.807) is 0 Å². The Morgan fingerprint density at radius 1 is 1.53 bits per heavy atom. The van der Waals surface area contributed by atoms with Crippen LogP contribution in [0.25, 0.3) is 0 Å². The van der Waals surface area contributed by atoms with Crippen molar-refractivity contribution in [3.63, 3.8) is 0 Å². The van der Waals surface area contributed by atoms with Crippen LogP contribution in [-0.4, -0.2) is 33.3 Å². The SMILES string of the molecule is O=C(O)c1ccn(C2CC(OC(F)(F)F)C2)n1. The quantitative estimate of drug-likeness (QED) is 0.888. The Balaban J connectivity index is 1.89. The molecular formula is C9H9F3N2O3. The van der Waals surface area contributed by atoms with Gasteiger partial charge in [-0.05, 0) is 18.9 Å². The molecule has 2 rings (SSSR count). The molecule has 1 aliphatic rings. The number of ether oxygens (including phenoxy) is 1. The number of carbonyl (C=O) groups is 1. The Kier molecular flexibility index (Phi) is 2.82. The first kappa shape index (κ1) is 11.9. The Morgan fingerprint density at radius 2 is 2.18 bits per heavy atom. The molecule has 1 heterocycles. The minimum Gasteiger partial charge on any atom is -0.476 e. The van der Waals surface area contributed by atoms with E-state index >= 15 is 0 Å². The number of alkyl halides is 3. The summed E-state index contributed by atoms with van der Waals surface area (Å²) in [5, 5.41) is 12.4. The second-order valence-electron chi connectivity index (χ2n) is 3.80. The van der Waals surface area contributed by atoms with Crippen LogP contribution in [0.4, 0.5) is 13.2 Å². The minimum atomic E-state index is -4.62. The lowest BCUT2D eigenvalue weighted by molar-refractivity contribution is -0.353. The van der Waals surface area contributed by atoms with Gasteiger partial charge in [0.2, 0.25) is 0 Å². The van der Waals surface area contributed by atoms with E-state index in [0.29, 0.717) is 0 Å². The molecule has 0 atom stereocenters. The molecule has 17 heavy (non-hydrogen) atoms. The fourth-order valence-corrected chi connectivity index (χ4v) is 1.69. The third-order valence-corrected chi connectivity index (χ3v) is 2.57. The predicted molar refractivity (Wildman–Crippen MR) is 48.4 cm³/mol. The topological polar surface area (TPSA) is 64.3 Å². The molecule has 5 nitrogen and oxygen atoms in total. The summed E-state index contributed by atoms with van der Waals surface area (Å²) >= 11 is 0. The largest absolute Gasteiger partial charge is 0.522 e. The van der Waals surface area contributed by atoms with Gasteiger partial charge in [0.25, 0.3) is 0 Å². The van der Waals surface area contributed by atoms with Crippen molar-refractivity contribution in [3.05, 3.63) is 18.0 Å². The zero-order chi connectivity index (χ0) is 12.6. The smallest absolute Gasteiger partial charge is 0.476 e. The van der Waals surface area contributed by atoms with E-state index in [9.17, 15) is 18.0 Å². The summed E-state index contributed by atoms with van der Waals surface area (Å²) in [6.45, 7) is 0. The van der Waals surface area contributed by atoms with Gasteiger partial charge in [-0.3, -0.25) is 9.42 Å². The molecule has 0 unspecified atom stereocenters. The normalized spacial score (nSPS) is 24.4. The van der Waals surface area contributed by atoms with E-state index in [1.807, 2.05) is 0 Å². The zero-order valence-electron chi connectivity index (χ0n) is 8.52. The second kappa shape index (κ2) is 4.02. The van der Waals surface area contributed by atoms with Gasteiger partial charge in [-0.25, -0.2) is 4.79 Å². The molecule has 1 N–H and O–H groups in total. The molecule has 94 valence electrons. The van der Waals surface area contributed by atoms with Crippen LogP contribution in [0, 0.1) is 0 Å². The van der Waals surface area contributed by atoms with Crippen LogP contribution in [0.2, 0.25) is 0 Å². The summed E-state index contributed by atoms with van der Waals surface area (Å²) in [7, 11) is 0. The van der Waals surface area contributed by atoms with Gasteiger partial charge < -0.3 is 5.11 Å². The number of hydrogen-bond donors (Lipinski definition) is 1. The predicted octanol–water partition coefficient (Wildman–Crippen LogP) is 1.82. The van der Waals surface area contributed by atoms with Crippen LogP contribution < -0.4 is 0 Å². The average molecular weight is 250 g/mol. The van der Waals surface area contributed by atoms with Crippen LogP contribution in [-0.2, 0) is 4.74 Å². The van der Waals surface area contributed by atoms with Gasteiger partial charge in [0.05, 0.1) is 12.1 Å². The summed E-state index contributed by atoms with van der Waals surface area (Å²) in [5.41, 5.74) is -0.120. The highest BCUT2D eigenvalue weighted by Gasteiger charge is 2.41. The lowest BCUT2D eigenvalue weighted by Gasteiger charge is -2.35. The second-order valence-corrected chi connectivity index (χ2v) is 3.80. The first-order valence-corrected chi connectivity index (χ1v) is 4.88. The van der Waals surface area contributed by atoms with E-state index in [1.165, 1.54) is 16.9 Å². The van der Waals surface area contributed by atoms with Gasteiger partial charge in [0.1, 0.15) is 0 Å². The lowest BCUT2D eigenvalue weighted by Crippen LogP contribution is -2.37. The number of carboxylic acids is 1. The first-order valence-electron chi connectivity index (χ1n) is 4.88. The lowest BCUT2D eigenvalue weighted by atomic mass is 9.89. The molecule has 0 aromatic carbocycles. The first-order chi connectivity index (χ1) is 7.85. The van der Waals surface area contributed by atoms with Crippen molar-refractivity contribution in [2.24, 2.45) is 0 Å². The third kappa shape index (κ3) is 2.76. The molecule has 1 fully saturated rings. The number of carboxylic acid groups (broad SMARTS) is 1. The standard InChI is InChI=1S/C9H9F3N2O3/c10-9(11,12)17-6-3-5(4-6)14-2-1-7(13-14)8(15)16/h1-2,5-6H,3-4H2,(H,15,16). The Bertz CT molecular complexity index is 423. The maximum atomic E-state index is 11.8. The molecule has 0 amide bonds. The monoisotopic (exact) mass is 250 g/mol. The van der Waals surface area contributed by atoms with Gasteiger partial charge in [-0.15, -0.1) is 13.2 Å². The highest BCUT2D eigenvalue weighted by Crippen LogP contribution is 2.37. The Hall–Kier alpha value is -1.57. The summed E-state index contributed by atoms with van der Waals surface area (Å²) in [4.78, 5) is 10.5. The van der Waals surface area contributed by atoms with Crippen molar-refractivity contribution in [2.75, 3.05) is 0 Å². The van der Waals surface area contributed by atoms with Gasteiger partial charge >= 0.3 is 12.3 Å². The van der Waals surface area contributed by atoms with Crippen molar-refractivity contribution in [1.82, 2.24) is 9.78 Å². The van der Waals surface area contributed by atoms with E-state index in [-0.39, 0.29) is 24.6 Å².